The van der Waals surface area contributed by atoms with Gasteiger partial charge in [-0.15, -0.1) is 0 Å². The van der Waals surface area contributed by atoms with Crippen LogP contribution in [-0.4, -0.2) is 44.2 Å². The van der Waals surface area contributed by atoms with Crippen molar-refractivity contribution in [3.8, 4) is 0 Å². The fourth-order valence-electron chi connectivity index (χ4n) is 3.85. The molecule has 2 unspecified atom stereocenters. The second-order valence-corrected chi connectivity index (χ2v) is 9.58. The van der Waals surface area contributed by atoms with Gasteiger partial charge in [0.05, 0.1) is 6.26 Å². The van der Waals surface area contributed by atoms with Gasteiger partial charge in [0, 0.05) is 25.2 Å². The Morgan fingerprint density at radius 3 is 2.25 bits per heavy atom. The Bertz CT molecular complexity index is 425. The van der Waals surface area contributed by atoms with E-state index in [1.54, 1.807) is 4.31 Å². The van der Waals surface area contributed by atoms with Gasteiger partial charge >= 0.3 is 0 Å². The lowest BCUT2D eigenvalue weighted by molar-refractivity contribution is 0.133. The molecule has 0 bridgehead atoms. The minimum atomic E-state index is -3.00. The maximum atomic E-state index is 11.5. The molecular weight excluding hydrogens is 272 g/mol. The van der Waals surface area contributed by atoms with Crippen LogP contribution in [0.5, 0.6) is 0 Å². The molecule has 118 valence electrons. The van der Waals surface area contributed by atoms with E-state index in [9.17, 15) is 8.42 Å². The highest BCUT2D eigenvalue weighted by molar-refractivity contribution is 7.88. The van der Waals surface area contributed by atoms with E-state index in [1.807, 2.05) is 0 Å². The van der Waals surface area contributed by atoms with Crippen molar-refractivity contribution in [2.45, 2.75) is 65.0 Å². The molecule has 2 rings (SSSR count). The van der Waals surface area contributed by atoms with Crippen molar-refractivity contribution in [2.75, 3.05) is 19.3 Å². The van der Waals surface area contributed by atoms with Crippen LogP contribution in [0, 0.1) is 11.3 Å². The van der Waals surface area contributed by atoms with Crippen LogP contribution >= 0.6 is 0 Å². The van der Waals surface area contributed by atoms with E-state index in [0.29, 0.717) is 36.5 Å². The number of nitrogens with one attached hydrogen (secondary N) is 1. The summed E-state index contributed by atoms with van der Waals surface area (Å²) in [7, 11) is -3.00. The number of sulfonamides is 1. The lowest BCUT2D eigenvalue weighted by Gasteiger charge is -2.42. The number of piperidine rings is 1. The molecule has 1 heterocycles. The molecule has 5 heteroatoms. The average Bonchev–Trinajstić information content (AvgIpc) is 2.32. The molecule has 20 heavy (non-hydrogen) atoms. The zero-order valence-electron chi connectivity index (χ0n) is 13.4. The first-order valence-electron chi connectivity index (χ1n) is 7.88. The molecule has 1 saturated carbocycles. The topological polar surface area (TPSA) is 49.4 Å². The molecule has 0 radical (unpaired) electrons. The number of rotatable bonds is 3. The first-order chi connectivity index (χ1) is 9.17. The van der Waals surface area contributed by atoms with Gasteiger partial charge in [-0.05, 0) is 43.4 Å². The van der Waals surface area contributed by atoms with Gasteiger partial charge in [-0.3, -0.25) is 0 Å². The van der Waals surface area contributed by atoms with Gasteiger partial charge in [-0.25, -0.2) is 12.7 Å². The van der Waals surface area contributed by atoms with E-state index in [-0.39, 0.29) is 0 Å². The van der Waals surface area contributed by atoms with Crippen molar-refractivity contribution in [3.05, 3.63) is 0 Å². The third kappa shape index (κ3) is 4.18. The van der Waals surface area contributed by atoms with Crippen molar-refractivity contribution in [2.24, 2.45) is 11.3 Å². The van der Waals surface area contributed by atoms with E-state index in [0.717, 1.165) is 12.8 Å². The highest BCUT2D eigenvalue weighted by Crippen LogP contribution is 2.38. The molecule has 2 atom stereocenters. The Balaban J connectivity index is 1.81. The van der Waals surface area contributed by atoms with Crippen LogP contribution in [-0.2, 0) is 10.0 Å². The largest absolute Gasteiger partial charge is 0.311 e. The average molecular weight is 302 g/mol. The SMILES string of the molecule is CC1CC(C)(C)CCC1NC1CCN(S(C)(=O)=O)CC1. The maximum Gasteiger partial charge on any atom is 0.211 e. The summed E-state index contributed by atoms with van der Waals surface area (Å²) in [5.41, 5.74) is 0.483. The molecule has 2 fully saturated rings. The molecule has 0 aromatic rings. The monoisotopic (exact) mass is 302 g/mol. The molecule has 1 N–H and O–H groups in total. The Kier molecular flexibility index (Phi) is 4.82. The predicted octanol–water partition coefficient (Wildman–Crippen LogP) is 2.21. The third-order valence-electron chi connectivity index (χ3n) is 5.07. The summed E-state index contributed by atoms with van der Waals surface area (Å²) < 4.78 is 24.6. The molecule has 1 aliphatic carbocycles. The first kappa shape index (κ1) is 16.2. The van der Waals surface area contributed by atoms with Gasteiger partial charge in [-0.2, -0.15) is 0 Å². The van der Waals surface area contributed by atoms with Crippen LogP contribution in [0.3, 0.4) is 0 Å². The minimum absolute atomic E-state index is 0.483. The maximum absolute atomic E-state index is 11.5. The van der Waals surface area contributed by atoms with E-state index < -0.39 is 10.0 Å². The second-order valence-electron chi connectivity index (χ2n) is 7.59. The summed E-state index contributed by atoms with van der Waals surface area (Å²) in [6.07, 6.45) is 7.02. The van der Waals surface area contributed by atoms with Gasteiger partial charge in [-0.1, -0.05) is 20.8 Å². The summed E-state index contributed by atoms with van der Waals surface area (Å²) in [6.45, 7) is 8.42. The van der Waals surface area contributed by atoms with Crippen LogP contribution in [0.2, 0.25) is 0 Å². The van der Waals surface area contributed by atoms with Gasteiger partial charge < -0.3 is 5.32 Å². The zero-order valence-corrected chi connectivity index (χ0v) is 14.2. The molecule has 1 saturated heterocycles. The van der Waals surface area contributed by atoms with Crippen LogP contribution < -0.4 is 5.32 Å². The fraction of sp³-hybridized carbons (Fsp3) is 1.00. The van der Waals surface area contributed by atoms with Crippen LogP contribution in [0.25, 0.3) is 0 Å². The molecule has 0 amide bonds. The smallest absolute Gasteiger partial charge is 0.211 e. The molecule has 0 spiro atoms. The van der Waals surface area contributed by atoms with Crippen molar-refractivity contribution in [1.29, 1.82) is 0 Å². The molecule has 0 aromatic heterocycles. The lowest BCUT2D eigenvalue weighted by atomic mass is 9.70. The van der Waals surface area contributed by atoms with Crippen LogP contribution in [0.4, 0.5) is 0 Å². The summed E-state index contributed by atoms with van der Waals surface area (Å²) in [5, 5.41) is 3.80. The quantitative estimate of drug-likeness (QED) is 0.869. The van der Waals surface area contributed by atoms with E-state index in [2.05, 4.69) is 26.1 Å². The van der Waals surface area contributed by atoms with Crippen molar-refractivity contribution >= 4 is 10.0 Å². The highest BCUT2D eigenvalue weighted by atomic mass is 32.2. The molecule has 4 nitrogen and oxygen atoms in total. The Hall–Kier alpha value is -0.130. The minimum Gasteiger partial charge on any atom is -0.311 e. The Morgan fingerprint density at radius 1 is 1.15 bits per heavy atom. The van der Waals surface area contributed by atoms with E-state index in [1.165, 1.54) is 25.5 Å². The predicted molar refractivity (Wildman–Crippen MR) is 83.2 cm³/mol. The summed E-state index contributed by atoms with van der Waals surface area (Å²) in [4.78, 5) is 0. The van der Waals surface area contributed by atoms with E-state index >= 15 is 0 Å². The number of nitrogens with zero attached hydrogens (tertiary/aromatic N) is 1. The van der Waals surface area contributed by atoms with Crippen LogP contribution in [0.1, 0.15) is 52.9 Å². The normalized spacial score (nSPS) is 33.2. The Labute approximate surface area is 124 Å². The zero-order chi connectivity index (χ0) is 15.0. The highest BCUT2D eigenvalue weighted by Gasteiger charge is 2.34. The second kappa shape index (κ2) is 5.93. The molecule has 0 aromatic carbocycles. The Morgan fingerprint density at radius 2 is 1.75 bits per heavy atom. The molecule has 2 aliphatic rings. The molecular formula is C15H30N2O2S. The third-order valence-corrected chi connectivity index (χ3v) is 6.37. The van der Waals surface area contributed by atoms with Gasteiger partial charge in [0.2, 0.25) is 10.0 Å². The summed E-state index contributed by atoms with van der Waals surface area (Å²) in [6, 6.07) is 1.10. The lowest BCUT2D eigenvalue weighted by Crippen LogP contribution is -2.50. The van der Waals surface area contributed by atoms with Gasteiger partial charge in [0.25, 0.3) is 0 Å². The van der Waals surface area contributed by atoms with Crippen LogP contribution in [0.15, 0.2) is 0 Å². The fourth-order valence-corrected chi connectivity index (χ4v) is 4.73. The number of hydrogen-bond acceptors (Lipinski definition) is 3. The van der Waals surface area contributed by atoms with Crippen molar-refractivity contribution in [3.63, 3.8) is 0 Å². The summed E-state index contributed by atoms with van der Waals surface area (Å²) in [5.74, 6) is 0.715. The first-order valence-corrected chi connectivity index (χ1v) is 9.73. The summed E-state index contributed by atoms with van der Waals surface area (Å²) >= 11 is 0. The van der Waals surface area contributed by atoms with Gasteiger partial charge in [0.15, 0.2) is 0 Å². The standard InChI is InChI=1S/C15H30N2O2S/c1-12-11-15(2,3)8-5-14(12)16-13-6-9-17(10-7-13)20(4,18)19/h12-14,16H,5-11H2,1-4H3. The number of hydrogen-bond donors (Lipinski definition) is 1. The van der Waals surface area contributed by atoms with Crippen molar-refractivity contribution in [1.82, 2.24) is 9.62 Å². The van der Waals surface area contributed by atoms with E-state index in [4.69, 9.17) is 0 Å². The molecule has 1 aliphatic heterocycles. The van der Waals surface area contributed by atoms with Gasteiger partial charge in [0.1, 0.15) is 0 Å². The van der Waals surface area contributed by atoms with Crippen molar-refractivity contribution < 1.29 is 8.42 Å².